The fourth-order valence-corrected chi connectivity index (χ4v) is 3.64. The van der Waals surface area contributed by atoms with E-state index in [9.17, 15) is 15.0 Å². The number of benzene rings is 2. The van der Waals surface area contributed by atoms with Crippen molar-refractivity contribution in [3.8, 4) is 5.75 Å². The van der Waals surface area contributed by atoms with Crippen LogP contribution in [0.15, 0.2) is 41.5 Å². The van der Waals surface area contributed by atoms with Gasteiger partial charge in [0.25, 0.3) is 5.56 Å². The van der Waals surface area contributed by atoms with Crippen molar-refractivity contribution < 1.29 is 10.2 Å². The number of nitrogens with one attached hydrogen (secondary N) is 1. The number of fused-ring (bicyclic) bond motifs is 1. The van der Waals surface area contributed by atoms with Gasteiger partial charge in [0.1, 0.15) is 5.75 Å². The third kappa shape index (κ3) is 5.68. The van der Waals surface area contributed by atoms with Crippen LogP contribution in [0.1, 0.15) is 19.4 Å². The van der Waals surface area contributed by atoms with Crippen LogP contribution in [0.5, 0.6) is 5.75 Å². The average Bonchev–Trinajstić information content (AvgIpc) is 2.75. The molecule has 0 unspecified atom stereocenters. The van der Waals surface area contributed by atoms with Crippen molar-refractivity contribution in [3.63, 3.8) is 0 Å². The number of aromatic hydroxyl groups is 1. The van der Waals surface area contributed by atoms with Gasteiger partial charge in [0.2, 0.25) is 0 Å². The highest BCUT2D eigenvalue weighted by Crippen LogP contribution is 2.25. The van der Waals surface area contributed by atoms with Crippen LogP contribution in [0.4, 0.5) is 5.69 Å². The van der Waals surface area contributed by atoms with Gasteiger partial charge in [0.15, 0.2) is 0 Å². The van der Waals surface area contributed by atoms with Crippen molar-refractivity contribution in [2.75, 3.05) is 25.0 Å². The molecule has 3 N–H and O–H groups in total. The maximum absolute atomic E-state index is 12.7. The Bertz CT molecular complexity index is 1120. The molecule has 3 rings (SSSR count). The fraction of sp³-hybridized carbons (Fsp3) is 0.364. The molecule has 9 heteroatoms. The molecule has 0 spiro atoms. The molecule has 7 nitrogen and oxygen atoms in total. The van der Waals surface area contributed by atoms with E-state index in [2.05, 4.69) is 29.0 Å². The number of phenolic OH excluding ortho intramolecular Hbond substituents is 1. The molecule has 0 aliphatic carbocycles. The minimum Gasteiger partial charge on any atom is -0.508 e. The highest BCUT2D eigenvalue weighted by molar-refractivity contribution is 6.42. The number of aliphatic hydroxyl groups is 1. The van der Waals surface area contributed by atoms with E-state index in [1.165, 1.54) is 17.0 Å². The Kier molecular flexibility index (Phi) is 7.78. The Labute approximate surface area is 190 Å². The maximum Gasteiger partial charge on any atom is 0.261 e. The van der Waals surface area contributed by atoms with Gasteiger partial charge in [-0.25, -0.2) is 4.98 Å². The second-order valence-corrected chi connectivity index (χ2v) is 8.14. The molecular formula is C22H26Cl2N4O3. The molecule has 0 fully saturated rings. The largest absolute Gasteiger partial charge is 0.508 e. The number of aliphatic hydroxyl groups excluding tert-OH is 1. The molecule has 0 bridgehead atoms. The van der Waals surface area contributed by atoms with Gasteiger partial charge in [-0.05, 0) is 43.4 Å². The van der Waals surface area contributed by atoms with E-state index in [-0.39, 0.29) is 29.4 Å². The lowest BCUT2D eigenvalue weighted by molar-refractivity contribution is 0.165. The van der Waals surface area contributed by atoms with Crippen LogP contribution in [0.25, 0.3) is 10.9 Å². The molecule has 1 aromatic heterocycles. The molecule has 1 atom stereocenters. The summed E-state index contributed by atoms with van der Waals surface area (Å²) in [6.07, 6.45) is 0.556. The second-order valence-electron chi connectivity index (χ2n) is 7.33. The first-order valence-electron chi connectivity index (χ1n) is 10.1. The minimum absolute atomic E-state index is 0.0689. The quantitative estimate of drug-likeness (QED) is 0.418. The zero-order valence-corrected chi connectivity index (χ0v) is 19.0. The molecule has 0 radical (unpaired) electrons. The van der Waals surface area contributed by atoms with E-state index in [4.69, 9.17) is 23.2 Å². The van der Waals surface area contributed by atoms with E-state index in [1.807, 2.05) is 6.07 Å². The summed E-state index contributed by atoms with van der Waals surface area (Å²) in [4.78, 5) is 19.1. The second kappa shape index (κ2) is 10.3. The number of rotatable bonds is 9. The fourth-order valence-electron chi connectivity index (χ4n) is 3.32. The summed E-state index contributed by atoms with van der Waals surface area (Å²) in [5, 5.41) is 24.7. The number of aromatic nitrogens is 2. The molecule has 0 saturated heterocycles. The Morgan fingerprint density at radius 2 is 1.87 bits per heavy atom. The Morgan fingerprint density at radius 3 is 2.58 bits per heavy atom. The third-order valence-electron chi connectivity index (χ3n) is 5.18. The highest BCUT2D eigenvalue weighted by atomic mass is 35.5. The summed E-state index contributed by atoms with van der Waals surface area (Å²) in [6, 6.07) is 8.30. The summed E-state index contributed by atoms with van der Waals surface area (Å²) in [6.45, 7) is 6.86. The van der Waals surface area contributed by atoms with Gasteiger partial charge >= 0.3 is 0 Å². The van der Waals surface area contributed by atoms with Crippen LogP contribution in [-0.4, -0.2) is 50.4 Å². The lowest BCUT2D eigenvalue weighted by Crippen LogP contribution is -2.31. The Balaban J connectivity index is 1.68. The Morgan fingerprint density at radius 1 is 1.16 bits per heavy atom. The predicted octanol–water partition coefficient (Wildman–Crippen LogP) is 3.72. The number of halogens is 2. The van der Waals surface area contributed by atoms with Crippen molar-refractivity contribution in [1.82, 2.24) is 14.5 Å². The van der Waals surface area contributed by atoms with Crippen molar-refractivity contribution in [2.24, 2.45) is 0 Å². The van der Waals surface area contributed by atoms with Crippen molar-refractivity contribution in [1.29, 1.82) is 0 Å². The van der Waals surface area contributed by atoms with Crippen molar-refractivity contribution in [3.05, 3.63) is 62.6 Å². The van der Waals surface area contributed by atoms with E-state index >= 15 is 0 Å². The molecule has 0 saturated carbocycles. The first-order valence-corrected chi connectivity index (χ1v) is 10.9. The van der Waals surface area contributed by atoms with Gasteiger partial charge in [0, 0.05) is 24.3 Å². The molecule has 0 aliphatic rings. The number of hydrogen-bond acceptors (Lipinski definition) is 6. The molecular weight excluding hydrogens is 439 g/mol. The highest BCUT2D eigenvalue weighted by Gasteiger charge is 2.12. The zero-order valence-electron chi connectivity index (χ0n) is 17.5. The van der Waals surface area contributed by atoms with Gasteiger partial charge in [0.05, 0.1) is 39.9 Å². The lowest BCUT2D eigenvalue weighted by Gasteiger charge is -2.20. The van der Waals surface area contributed by atoms with E-state index in [0.717, 1.165) is 24.3 Å². The predicted molar refractivity (Wildman–Crippen MR) is 125 cm³/mol. The summed E-state index contributed by atoms with van der Waals surface area (Å²) >= 11 is 12.0. The van der Waals surface area contributed by atoms with Crippen LogP contribution in [-0.2, 0) is 13.1 Å². The SMILES string of the molecule is CCN(CC)Cc1cc(NC[C@H](O)Cn2cnc3cc(Cl)c(Cl)cc3c2=O)ccc1O. The number of nitrogens with zero attached hydrogens (tertiary/aromatic N) is 3. The molecule has 0 amide bonds. The van der Waals surface area contributed by atoms with E-state index in [0.29, 0.717) is 22.5 Å². The summed E-state index contributed by atoms with van der Waals surface area (Å²) in [5.74, 6) is 0.241. The van der Waals surface area contributed by atoms with Crippen LogP contribution in [0.3, 0.4) is 0 Å². The molecule has 3 aromatic rings. The van der Waals surface area contributed by atoms with Crippen molar-refractivity contribution in [2.45, 2.75) is 33.0 Å². The van der Waals surface area contributed by atoms with Gasteiger partial charge in [-0.2, -0.15) is 0 Å². The summed E-state index contributed by atoms with van der Waals surface area (Å²) < 4.78 is 1.35. The molecule has 166 valence electrons. The third-order valence-corrected chi connectivity index (χ3v) is 5.91. The summed E-state index contributed by atoms with van der Waals surface area (Å²) in [5.41, 5.74) is 1.75. The standard InChI is InChI=1S/C22H26Cl2N4O3/c1-3-27(4-2)11-14-7-15(5-6-21(14)30)25-10-16(29)12-28-13-26-20-9-19(24)18(23)8-17(20)22(28)31/h5-9,13,16,25,29-30H,3-4,10-12H2,1-2H3/t16-/m0/s1. The van der Waals surface area contributed by atoms with Crippen LogP contribution in [0.2, 0.25) is 10.0 Å². The molecule has 1 heterocycles. The first kappa shape index (κ1) is 23.3. The van der Waals surface area contributed by atoms with Gasteiger partial charge in [-0.1, -0.05) is 37.0 Å². The topological polar surface area (TPSA) is 90.6 Å². The van der Waals surface area contributed by atoms with E-state index < -0.39 is 6.10 Å². The van der Waals surface area contributed by atoms with Crippen molar-refractivity contribution >= 4 is 39.8 Å². The normalized spacial score (nSPS) is 12.5. The summed E-state index contributed by atoms with van der Waals surface area (Å²) in [7, 11) is 0. The van der Waals surface area contributed by atoms with Gasteiger partial charge in [-0.3, -0.25) is 14.3 Å². The van der Waals surface area contributed by atoms with Gasteiger partial charge in [-0.15, -0.1) is 0 Å². The smallest absolute Gasteiger partial charge is 0.261 e. The first-order chi connectivity index (χ1) is 14.8. The lowest BCUT2D eigenvalue weighted by atomic mass is 10.1. The minimum atomic E-state index is -0.834. The van der Waals surface area contributed by atoms with Crippen LogP contribution < -0.4 is 10.9 Å². The maximum atomic E-state index is 12.7. The Hall–Kier alpha value is -2.32. The molecule has 0 aliphatic heterocycles. The van der Waals surface area contributed by atoms with E-state index in [1.54, 1.807) is 18.2 Å². The van der Waals surface area contributed by atoms with Crippen LogP contribution in [0, 0.1) is 0 Å². The number of phenols is 1. The van der Waals surface area contributed by atoms with Gasteiger partial charge < -0.3 is 15.5 Å². The monoisotopic (exact) mass is 464 g/mol. The van der Waals surface area contributed by atoms with Crippen LogP contribution >= 0.6 is 23.2 Å². The average molecular weight is 465 g/mol. The zero-order chi connectivity index (χ0) is 22.5. The number of hydrogen-bond donors (Lipinski definition) is 3. The number of anilines is 1. The molecule has 2 aromatic carbocycles. The molecule has 31 heavy (non-hydrogen) atoms.